The van der Waals surface area contributed by atoms with Crippen LogP contribution in [0.5, 0.6) is 11.5 Å². The summed E-state index contributed by atoms with van der Waals surface area (Å²) in [5, 5.41) is 1.86. The van der Waals surface area contributed by atoms with Crippen LogP contribution >= 0.6 is 7.72 Å². The largest absolute Gasteiger partial charge is 0.428 e. The van der Waals surface area contributed by atoms with Crippen LogP contribution in [0.25, 0.3) is 0 Å². The smallest absolute Gasteiger partial charge is 0.396 e. The predicted molar refractivity (Wildman–Crippen MR) is 122 cm³/mol. The first kappa shape index (κ1) is 18.9. The fraction of sp³-hybridized carbons (Fsp3) is 0. The lowest BCUT2D eigenvalue weighted by atomic mass is 10.3. The molecule has 0 bridgehead atoms. The van der Waals surface area contributed by atoms with Gasteiger partial charge in [0.15, 0.2) is 10.6 Å². The molecule has 4 nitrogen and oxygen atoms in total. The van der Waals surface area contributed by atoms with Crippen molar-refractivity contribution in [1.82, 2.24) is 0 Å². The van der Waals surface area contributed by atoms with Crippen molar-refractivity contribution in [3.8, 4) is 11.5 Å². The number of rotatable bonds is 6. The van der Waals surface area contributed by atoms with Gasteiger partial charge in [0.1, 0.15) is 0 Å². The summed E-state index contributed by atoms with van der Waals surface area (Å²) in [4.78, 5) is 0. The summed E-state index contributed by atoms with van der Waals surface area (Å²) >= 11 is 0. The molecule has 0 heterocycles. The van der Waals surface area contributed by atoms with Gasteiger partial charge in [-0.05, 0) is 48.5 Å². The summed E-state index contributed by atoms with van der Waals surface area (Å²) in [7, 11) is -2.86. The molecule has 0 unspecified atom stereocenters. The van der Waals surface area contributed by atoms with Crippen molar-refractivity contribution in [1.29, 1.82) is 0 Å². The first-order chi connectivity index (χ1) is 14.2. The van der Waals surface area contributed by atoms with Gasteiger partial charge in [-0.3, -0.25) is 9.05 Å². The Morgan fingerprint density at radius 3 is 1.17 bits per heavy atom. The van der Waals surface area contributed by atoms with Crippen molar-refractivity contribution in [2.24, 2.45) is 0 Å². The van der Waals surface area contributed by atoms with Crippen molar-refractivity contribution in [2.45, 2.75) is 0 Å². The molecule has 4 N–H and O–H groups in total. The van der Waals surface area contributed by atoms with Gasteiger partial charge >= 0.3 is 7.72 Å². The van der Waals surface area contributed by atoms with E-state index in [2.05, 4.69) is 0 Å². The zero-order valence-electron chi connectivity index (χ0n) is 15.8. The number of benzene rings is 4. The maximum atomic E-state index is 6.67. The molecule has 0 spiro atoms. The van der Waals surface area contributed by atoms with Crippen LogP contribution in [0.4, 0.5) is 11.4 Å². The second-order valence-electron chi connectivity index (χ2n) is 6.48. The van der Waals surface area contributed by atoms with Crippen LogP contribution in [0.15, 0.2) is 109 Å². The fourth-order valence-electron chi connectivity index (χ4n) is 3.03. The number of hydrogen-bond acceptors (Lipinski definition) is 4. The van der Waals surface area contributed by atoms with E-state index in [0.717, 1.165) is 10.6 Å². The molecule has 0 atom stereocenters. The molecule has 0 amide bonds. The van der Waals surface area contributed by atoms with Crippen LogP contribution in [0.3, 0.4) is 0 Å². The van der Waals surface area contributed by atoms with Crippen LogP contribution in [-0.4, -0.2) is 0 Å². The van der Waals surface area contributed by atoms with Gasteiger partial charge in [0.25, 0.3) is 0 Å². The Labute approximate surface area is 171 Å². The highest BCUT2D eigenvalue weighted by atomic mass is 31.2. The molecule has 4 rings (SSSR count). The van der Waals surface area contributed by atoms with E-state index in [1.807, 2.05) is 109 Å². The van der Waals surface area contributed by atoms with Gasteiger partial charge in [-0.15, -0.1) is 0 Å². The summed E-state index contributed by atoms with van der Waals surface area (Å²) in [5.41, 5.74) is 13.5. The van der Waals surface area contributed by atoms with Gasteiger partial charge < -0.3 is 11.5 Å². The third-order valence-corrected chi connectivity index (χ3v) is 7.35. The summed E-state index contributed by atoms with van der Waals surface area (Å²) in [6.07, 6.45) is 0. The van der Waals surface area contributed by atoms with Crippen LogP contribution < -0.4 is 31.1 Å². The van der Waals surface area contributed by atoms with Crippen molar-refractivity contribution >= 4 is 29.7 Å². The van der Waals surface area contributed by atoms with E-state index < -0.39 is 7.72 Å². The van der Waals surface area contributed by atoms with Crippen molar-refractivity contribution in [3.05, 3.63) is 109 Å². The minimum absolute atomic E-state index is 0.549. The number of hydrogen-bond donors (Lipinski definition) is 2. The molecule has 0 fully saturated rings. The Bertz CT molecular complexity index is 999. The third kappa shape index (κ3) is 3.89. The Kier molecular flexibility index (Phi) is 5.37. The first-order valence-corrected chi connectivity index (χ1v) is 10.9. The third-order valence-electron chi connectivity index (χ3n) is 4.48. The Hall–Kier alpha value is -3.49. The van der Waals surface area contributed by atoms with E-state index in [9.17, 15) is 0 Å². The molecule has 0 aromatic heterocycles. The van der Waals surface area contributed by atoms with Crippen molar-refractivity contribution in [2.75, 3.05) is 11.5 Å². The molecule has 0 aliphatic heterocycles. The Balaban J connectivity index is 1.94. The molecule has 5 heteroatoms. The zero-order chi connectivity index (χ0) is 20.1. The molecular weight excluding hydrogens is 379 g/mol. The molecule has 0 aliphatic carbocycles. The lowest BCUT2D eigenvalue weighted by molar-refractivity contribution is 0.489. The fourth-order valence-corrected chi connectivity index (χ4v) is 5.80. The van der Waals surface area contributed by atoms with Crippen LogP contribution in [0, 0.1) is 0 Å². The average Bonchev–Trinajstić information content (AvgIpc) is 2.77. The van der Waals surface area contributed by atoms with Crippen molar-refractivity contribution in [3.63, 3.8) is 0 Å². The standard InChI is InChI=1S/C24H22N2O2P/c25-21-15-7-9-17-23(21)27-29(19-11-3-1-4-12-19,20-13-5-2-6-14-20)28-24-18-10-8-16-22(24)26/h1-18H,25-26H2/q+1. The lowest BCUT2D eigenvalue weighted by Gasteiger charge is -2.25. The lowest BCUT2D eigenvalue weighted by Crippen LogP contribution is -2.31. The second kappa shape index (κ2) is 8.26. The number of nitrogen functional groups attached to an aromatic ring is 2. The topological polar surface area (TPSA) is 70.5 Å². The molecule has 29 heavy (non-hydrogen) atoms. The summed E-state index contributed by atoms with van der Waals surface area (Å²) in [6, 6.07) is 34.8. The normalized spacial score (nSPS) is 11.0. The summed E-state index contributed by atoms with van der Waals surface area (Å²) in [6.45, 7) is 0. The van der Waals surface area contributed by atoms with Gasteiger partial charge in [0, 0.05) is 0 Å². The van der Waals surface area contributed by atoms with E-state index in [-0.39, 0.29) is 0 Å². The molecule has 0 aliphatic rings. The van der Waals surface area contributed by atoms with Crippen LogP contribution in [0.2, 0.25) is 0 Å². The molecule has 4 aromatic rings. The van der Waals surface area contributed by atoms with Gasteiger partial charge in [0.05, 0.1) is 11.4 Å². The van der Waals surface area contributed by atoms with Crippen LogP contribution in [-0.2, 0) is 0 Å². The van der Waals surface area contributed by atoms with E-state index in [0.29, 0.717) is 22.9 Å². The van der Waals surface area contributed by atoms with Crippen molar-refractivity contribution < 1.29 is 9.05 Å². The maximum Gasteiger partial charge on any atom is 0.428 e. The highest BCUT2D eigenvalue weighted by Gasteiger charge is 2.52. The van der Waals surface area contributed by atoms with Gasteiger partial charge in [-0.25, -0.2) is 0 Å². The molecule has 144 valence electrons. The predicted octanol–water partition coefficient (Wildman–Crippen LogP) is 4.81. The number of anilines is 2. The van der Waals surface area contributed by atoms with Crippen LogP contribution in [0.1, 0.15) is 0 Å². The maximum absolute atomic E-state index is 6.67. The van der Waals surface area contributed by atoms with Gasteiger partial charge in [-0.2, -0.15) is 0 Å². The molecular formula is C24H22N2O2P+. The average molecular weight is 401 g/mol. The first-order valence-electron chi connectivity index (χ1n) is 9.27. The second-order valence-corrected chi connectivity index (χ2v) is 8.98. The number of nitrogens with two attached hydrogens (primary N) is 2. The highest BCUT2D eigenvalue weighted by Crippen LogP contribution is 2.59. The minimum atomic E-state index is -2.86. The van der Waals surface area contributed by atoms with E-state index >= 15 is 0 Å². The summed E-state index contributed by atoms with van der Waals surface area (Å²) in [5.74, 6) is 1.14. The zero-order valence-corrected chi connectivity index (χ0v) is 16.7. The summed E-state index contributed by atoms with van der Waals surface area (Å²) < 4.78 is 13.3. The minimum Gasteiger partial charge on any atom is -0.396 e. The molecule has 4 aromatic carbocycles. The SMILES string of the molecule is Nc1ccccc1O[P+](Oc1ccccc1N)(c1ccccc1)c1ccccc1. The van der Waals surface area contributed by atoms with E-state index in [1.165, 1.54) is 0 Å². The quantitative estimate of drug-likeness (QED) is 0.359. The monoisotopic (exact) mass is 401 g/mol. The van der Waals surface area contributed by atoms with E-state index in [4.69, 9.17) is 20.5 Å². The van der Waals surface area contributed by atoms with Gasteiger partial charge in [-0.1, -0.05) is 60.7 Å². The Morgan fingerprint density at radius 2 is 0.793 bits per heavy atom. The molecule has 0 radical (unpaired) electrons. The molecule has 0 saturated heterocycles. The molecule has 0 saturated carbocycles. The van der Waals surface area contributed by atoms with Gasteiger partial charge in [0.2, 0.25) is 11.5 Å². The highest BCUT2D eigenvalue weighted by molar-refractivity contribution is 7.81. The van der Waals surface area contributed by atoms with E-state index in [1.54, 1.807) is 0 Å². The Morgan fingerprint density at radius 1 is 0.448 bits per heavy atom. The number of para-hydroxylation sites is 4.